The average Bonchev–Trinajstić information content (AvgIpc) is 2.53. The maximum Gasteiger partial charge on any atom is 0.160 e. The lowest BCUT2D eigenvalue weighted by Crippen LogP contribution is -2.04. The fourth-order valence-electron chi connectivity index (χ4n) is 2.15. The minimum atomic E-state index is 0.672. The molecule has 1 aromatic heterocycles. The summed E-state index contributed by atoms with van der Waals surface area (Å²) in [4.78, 5) is 0. The van der Waals surface area contributed by atoms with Gasteiger partial charge in [0, 0.05) is 11.9 Å². The molecule has 0 spiro atoms. The lowest BCUT2D eigenvalue weighted by atomic mass is 10.1. The Morgan fingerprint density at radius 3 is 2.62 bits per heavy atom. The standard InChI is InChI=1S/C16H16N4O/c1-11-3-8-14-15(9-11)18-20-19-16(14)17-10-12-4-6-13(21-2)7-5-12/h3-9H,10H2,1-2H3,(H,17,18,19). The van der Waals surface area contributed by atoms with Gasteiger partial charge in [-0.1, -0.05) is 18.2 Å². The molecule has 0 fully saturated rings. The maximum absolute atomic E-state index is 5.15. The van der Waals surface area contributed by atoms with Gasteiger partial charge in [-0.2, -0.15) is 0 Å². The first-order valence-corrected chi connectivity index (χ1v) is 6.73. The molecular weight excluding hydrogens is 264 g/mol. The van der Waals surface area contributed by atoms with Crippen molar-refractivity contribution in [3.63, 3.8) is 0 Å². The van der Waals surface area contributed by atoms with Crippen LogP contribution in [-0.2, 0) is 6.54 Å². The minimum absolute atomic E-state index is 0.672. The van der Waals surface area contributed by atoms with Gasteiger partial charge in [-0.05, 0) is 47.5 Å². The van der Waals surface area contributed by atoms with Crippen molar-refractivity contribution in [2.45, 2.75) is 13.5 Å². The Labute approximate surface area is 123 Å². The largest absolute Gasteiger partial charge is 0.497 e. The van der Waals surface area contributed by atoms with E-state index in [1.54, 1.807) is 7.11 Å². The second kappa shape index (κ2) is 5.75. The number of ether oxygens (including phenoxy) is 1. The lowest BCUT2D eigenvalue weighted by Gasteiger charge is -2.08. The van der Waals surface area contributed by atoms with Gasteiger partial charge >= 0.3 is 0 Å². The number of nitrogens with one attached hydrogen (secondary N) is 1. The van der Waals surface area contributed by atoms with E-state index in [0.29, 0.717) is 6.54 Å². The zero-order valence-electron chi connectivity index (χ0n) is 12.0. The second-order valence-electron chi connectivity index (χ2n) is 4.86. The first-order valence-electron chi connectivity index (χ1n) is 6.73. The lowest BCUT2D eigenvalue weighted by molar-refractivity contribution is 0.414. The summed E-state index contributed by atoms with van der Waals surface area (Å²) in [5.41, 5.74) is 3.15. The molecule has 0 radical (unpaired) electrons. The molecule has 0 saturated carbocycles. The summed E-state index contributed by atoms with van der Waals surface area (Å²) >= 11 is 0. The van der Waals surface area contributed by atoms with Crippen LogP contribution >= 0.6 is 0 Å². The molecule has 0 aliphatic carbocycles. The monoisotopic (exact) mass is 280 g/mol. The summed E-state index contributed by atoms with van der Waals surface area (Å²) in [7, 11) is 1.66. The molecule has 106 valence electrons. The van der Waals surface area contributed by atoms with E-state index in [1.165, 1.54) is 0 Å². The molecule has 0 aliphatic heterocycles. The van der Waals surface area contributed by atoms with Crippen LogP contribution in [0.1, 0.15) is 11.1 Å². The Morgan fingerprint density at radius 2 is 1.86 bits per heavy atom. The summed E-state index contributed by atoms with van der Waals surface area (Å²) in [6.07, 6.45) is 0. The van der Waals surface area contributed by atoms with Crippen LogP contribution in [0.15, 0.2) is 42.5 Å². The smallest absolute Gasteiger partial charge is 0.160 e. The molecule has 1 heterocycles. The Morgan fingerprint density at radius 1 is 1.05 bits per heavy atom. The van der Waals surface area contributed by atoms with Crippen LogP contribution in [-0.4, -0.2) is 22.5 Å². The molecule has 0 bridgehead atoms. The van der Waals surface area contributed by atoms with Crippen LogP contribution < -0.4 is 10.1 Å². The van der Waals surface area contributed by atoms with Gasteiger partial charge in [-0.15, -0.1) is 10.2 Å². The first-order chi connectivity index (χ1) is 10.3. The third kappa shape index (κ3) is 2.91. The second-order valence-corrected chi connectivity index (χ2v) is 4.86. The number of benzene rings is 2. The molecule has 0 saturated heterocycles. The molecule has 5 nitrogen and oxygen atoms in total. The Kier molecular flexibility index (Phi) is 3.64. The Hall–Kier alpha value is -2.69. The number of aryl methyl sites for hydroxylation is 1. The van der Waals surface area contributed by atoms with Gasteiger partial charge in [0.05, 0.1) is 12.6 Å². The minimum Gasteiger partial charge on any atom is -0.497 e. The molecule has 0 amide bonds. The fourth-order valence-corrected chi connectivity index (χ4v) is 2.15. The molecule has 3 rings (SSSR count). The van der Waals surface area contributed by atoms with Crippen LogP contribution in [0.4, 0.5) is 5.82 Å². The number of nitrogens with zero attached hydrogens (tertiary/aromatic N) is 3. The molecule has 2 aromatic carbocycles. The van der Waals surface area contributed by atoms with Crippen LogP contribution in [0.2, 0.25) is 0 Å². The predicted molar refractivity (Wildman–Crippen MR) is 82.4 cm³/mol. The Balaban J connectivity index is 1.81. The highest BCUT2D eigenvalue weighted by molar-refractivity contribution is 5.88. The summed E-state index contributed by atoms with van der Waals surface area (Å²) in [6.45, 7) is 2.71. The normalized spacial score (nSPS) is 10.6. The van der Waals surface area contributed by atoms with E-state index >= 15 is 0 Å². The van der Waals surface area contributed by atoms with Crippen molar-refractivity contribution in [2.75, 3.05) is 12.4 Å². The number of aromatic nitrogens is 3. The highest BCUT2D eigenvalue weighted by Crippen LogP contribution is 2.20. The van der Waals surface area contributed by atoms with Gasteiger partial charge in [0.15, 0.2) is 5.82 Å². The van der Waals surface area contributed by atoms with E-state index < -0.39 is 0 Å². The van der Waals surface area contributed by atoms with Gasteiger partial charge in [0.2, 0.25) is 0 Å². The zero-order chi connectivity index (χ0) is 14.7. The number of hydrogen-bond donors (Lipinski definition) is 1. The van der Waals surface area contributed by atoms with E-state index in [9.17, 15) is 0 Å². The van der Waals surface area contributed by atoms with Crippen molar-refractivity contribution in [3.8, 4) is 5.75 Å². The number of fused-ring (bicyclic) bond motifs is 1. The SMILES string of the molecule is COc1ccc(CNc2nnnc3cc(C)ccc23)cc1. The van der Waals surface area contributed by atoms with E-state index in [0.717, 1.165) is 33.6 Å². The van der Waals surface area contributed by atoms with E-state index in [4.69, 9.17) is 4.74 Å². The van der Waals surface area contributed by atoms with Gasteiger partial charge in [0.1, 0.15) is 5.75 Å². The van der Waals surface area contributed by atoms with Gasteiger partial charge < -0.3 is 10.1 Å². The van der Waals surface area contributed by atoms with Crippen molar-refractivity contribution >= 4 is 16.7 Å². The van der Waals surface area contributed by atoms with Crippen molar-refractivity contribution in [2.24, 2.45) is 0 Å². The molecule has 1 N–H and O–H groups in total. The van der Waals surface area contributed by atoms with Crippen molar-refractivity contribution < 1.29 is 4.74 Å². The van der Waals surface area contributed by atoms with Gasteiger partial charge in [-0.25, -0.2) is 0 Å². The first kappa shape index (κ1) is 13.3. The molecule has 0 atom stereocenters. The predicted octanol–water partition coefficient (Wildman–Crippen LogP) is 2.95. The molecule has 0 aliphatic rings. The molecule has 3 aromatic rings. The molecule has 5 heteroatoms. The van der Waals surface area contributed by atoms with E-state index in [1.807, 2.05) is 49.4 Å². The van der Waals surface area contributed by atoms with Gasteiger partial charge in [0.25, 0.3) is 0 Å². The van der Waals surface area contributed by atoms with Crippen LogP contribution in [0.5, 0.6) is 5.75 Å². The number of methoxy groups -OCH3 is 1. The molecule has 0 unspecified atom stereocenters. The van der Waals surface area contributed by atoms with Crippen molar-refractivity contribution in [1.29, 1.82) is 0 Å². The van der Waals surface area contributed by atoms with Crippen LogP contribution in [0.3, 0.4) is 0 Å². The molecule has 21 heavy (non-hydrogen) atoms. The Bertz CT molecular complexity index is 756. The summed E-state index contributed by atoms with van der Waals surface area (Å²) in [6, 6.07) is 14.0. The van der Waals surface area contributed by atoms with Crippen LogP contribution in [0.25, 0.3) is 10.9 Å². The highest BCUT2D eigenvalue weighted by Gasteiger charge is 2.04. The van der Waals surface area contributed by atoms with Crippen molar-refractivity contribution in [1.82, 2.24) is 15.4 Å². The summed E-state index contributed by atoms with van der Waals surface area (Å²) < 4.78 is 5.15. The zero-order valence-corrected chi connectivity index (χ0v) is 12.0. The number of rotatable bonds is 4. The molecular formula is C16H16N4O. The van der Waals surface area contributed by atoms with Crippen molar-refractivity contribution in [3.05, 3.63) is 53.6 Å². The van der Waals surface area contributed by atoms with Crippen LogP contribution in [0, 0.1) is 6.92 Å². The fraction of sp³-hybridized carbons (Fsp3) is 0.188. The van der Waals surface area contributed by atoms with Gasteiger partial charge in [-0.3, -0.25) is 0 Å². The quantitative estimate of drug-likeness (QED) is 0.796. The average molecular weight is 280 g/mol. The highest BCUT2D eigenvalue weighted by atomic mass is 16.5. The summed E-state index contributed by atoms with van der Waals surface area (Å²) in [5, 5.41) is 16.2. The third-order valence-electron chi connectivity index (χ3n) is 3.32. The van der Waals surface area contributed by atoms with E-state index in [-0.39, 0.29) is 0 Å². The number of hydrogen-bond acceptors (Lipinski definition) is 5. The number of anilines is 1. The topological polar surface area (TPSA) is 59.9 Å². The van der Waals surface area contributed by atoms with E-state index in [2.05, 4.69) is 20.7 Å². The maximum atomic E-state index is 5.15. The summed E-state index contributed by atoms with van der Waals surface area (Å²) in [5.74, 6) is 1.60. The third-order valence-corrected chi connectivity index (χ3v) is 3.32.